The zero-order valence-electron chi connectivity index (χ0n) is 10.1. The second-order valence-electron chi connectivity index (χ2n) is 4.79. The molecule has 0 bridgehead atoms. The van der Waals surface area contributed by atoms with E-state index in [4.69, 9.17) is 0 Å². The molecule has 0 aromatic heterocycles. The monoisotopic (exact) mass is 279 g/mol. The summed E-state index contributed by atoms with van der Waals surface area (Å²) in [6.45, 7) is 0.486. The first kappa shape index (κ1) is 14.2. The fraction of sp³-hybridized carbons (Fsp3) is 0.538. The molecule has 6 heteroatoms. The van der Waals surface area contributed by atoms with Crippen LogP contribution in [-0.4, -0.2) is 18.8 Å². The van der Waals surface area contributed by atoms with Gasteiger partial charge in [-0.3, -0.25) is 0 Å². The maximum absolute atomic E-state index is 13.5. The van der Waals surface area contributed by atoms with Crippen LogP contribution in [0.3, 0.4) is 0 Å². The molecule has 1 fully saturated rings. The minimum absolute atomic E-state index is 0.0456. The summed E-state index contributed by atoms with van der Waals surface area (Å²) in [5.41, 5.74) is 0.107. The Balaban J connectivity index is 2.15. The van der Waals surface area contributed by atoms with E-state index in [0.717, 1.165) is 6.07 Å². The lowest BCUT2D eigenvalue weighted by molar-refractivity contribution is -0.188. The predicted octanol–water partition coefficient (Wildman–Crippen LogP) is 3.44. The SMILES string of the molecule is Fc1ccc(CC2NCCCC2C(F)(F)F)c(F)c1. The Morgan fingerprint density at radius 1 is 1.21 bits per heavy atom. The molecule has 0 amide bonds. The van der Waals surface area contributed by atoms with Gasteiger partial charge in [0.2, 0.25) is 0 Å². The van der Waals surface area contributed by atoms with Crippen LogP contribution in [0.5, 0.6) is 0 Å². The van der Waals surface area contributed by atoms with Crippen molar-refractivity contribution in [2.75, 3.05) is 6.54 Å². The fourth-order valence-corrected chi connectivity index (χ4v) is 2.48. The van der Waals surface area contributed by atoms with Gasteiger partial charge in [-0.05, 0) is 37.4 Å². The summed E-state index contributed by atoms with van der Waals surface area (Å²) in [5.74, 6) is -3.01. The number of halogens is 5. The van der Waals surface area contributed by atoms with Gasteiger partial charge in [0.15, 0.2) is 0 Å². The van der Waals surface area contributed by atoms with Gasteiger partial charge >= 0.3 is 6.18 Å². The highest BCUT2D eigenvalue weighted by molar-refractivity contribution is 5.20. The van der Waals surface area contributed by atoms with Gasteiger partial charge in [-0.25, -0.2) is 8.78 Å². The van der Waals surface area contributed by atoms with E-state index in [1.54, 1.807) is 0 Å². The molecule has 0 radical (unpaired) electrons. The predicted molar refractivity (Wildman–Crippen MR) is 60.6 cm³/mol. The molecule has 2 rings (SSSR count). The number of nitrogens with one attached hydrogen (secondary N) is 1. The topological polar surface area (TPSA) is 12.0 Å². The maximum Gasteiger partial charge on any atom is 0.393 e. The zero-order chi connectivity index (χ0) is 14.0. The van der Waals surface area contributed by atoms with E-state index >= 15 is 0 Å². The highest BCUT2D eigenvalue weighted by atomic mass is 19.4. The van der Waals surface area contributed by atoms with Crippen molar-refractivity contribution in [2.45, 2.75) is 31.5 Å². The molecule has 0 spiro atoms. The highest BCUT2D eigenvalue weighted by Crippen LogP contribution is 2.35. The third-order valence-corrected chi connectivity index (χ3v) is 3.46. The minimum Gasteiger partial charge on any atom is -0.313 e. The van der Waals surface area contributed by atoms with Crippen molar-refractivity contribution in [3.63, 3.8) is 0 Å². The van der Waals surface area contributed by atoms with Crippen LogP contribution in [0.2, 0.25) is 0 Å². The lowest BCUT2D eigenvalue weighted by Crippen LogP contribution is -2.48. The summed E-state index contributed by atoms with van der Waals surface area (Å²) in [6, 6.07) is 2.10. The number of hydrogen-bond donors (Lipinski definition) is 1. The van der Waals surface area contributed by atoms with Crippen LogP contribution < -0.4 is 5.32 Å². The van der Waals surface area contributed by atoms with Gasteiger partial charge in [-0.1, -0.05) is 6.07 Å². The molecule has 1 aromatic rings. The molecule has 1 N–H and O–H groups in total. The molecule has 1 saturated heterocycles. The van der Waals surface area contributed by atoms with Crippen LogP contribution in [0.4, 0.5) is 22.0 Å². The minimum atomic E-state index is -4.30. The van der Waals surface area contributed by atoms with Gasteiger partial charge in [0.25, 0.3) is 0 Å². The summed E-state index contributed by atoms with van der Waals surface area (Å²) < 4.78 is 64.8. The van der Waals surface area contributed by atoms with Gasteiger partial charge < -0.3 is 5.32 Å². The van der Waals surface area contributed by atoms with Gasteiger partial charge in [0.05, 0.1) is 5.92 Å². The Morgan fingerprint density at radius 2 is 1.95 bits per heavy atom. The second kappa shape index (κ2) is 5.45. The van der Waals surface area contributed by atoms with Crippen LogP contribution in [0.1, 0.15) is 18.4 Å². The number of piperidine rings is 1. The van der Waals surface area contributed by atoms with Crippen molar-refractivity contribution >= 4 is 0 Å². The van der Waals surface area contributed by atoms with E-state index in [0.29, 0.717) is 19.0 Å². The molecule has 106 valence electrons. The number of benzene rings is 1. The second-order valence-corrected chi connectivity index (χ2v) is 4.79. The lowest BCUT2D eigenvalue weighted by atomic mass is 9.86. The van der Waals surface area contributed by atoms with E-state index in [9.17, 15) is 22.0 Å². The van der Waals surface area contributed by atoms with Crippen molar-refractivity contribution in [1.29, 1.82) is 0 Å². The summed E-state index contributed by atoms with van der Waals surface area (Å²) in [6.07, 6.45) is -3.89. The first-order valence-corrected chi connectivity index (χ1v) is 6.12. The molecule has 1 aliphatic heterocycles. The summed E-state index contributed by atoms with van der Waals surface area (Å²) in [4.78, 5) is 0. The molecule has 0 aliphatic carbocycles. The average Bonchev–Trinajstić information content (AvgIpc) is 2.32. The van der Waals surface area contributed by atoms with E-state index in [2.05, 4.69) is 5.32 Å². The van der Waals surface area contributed by atoms with Gasteiger partial charge in [-0.2, -0.15) is 13.2 Å². The first-order valence-electron chi connectivity index (χ1n) is 6.12. The third kappa shape index (κ3) is 3.43. The van der Waals surface area contributed by atoms with Crippen LogP contribution in [0.15, 0.2) is 18.2 Å². The van der Waals surface area contributed by atoms with E-state index < -0.39 is 29.8 Å². The number of rotatable bonds is 2. The van der Waals surface area contributed by atoms with E-state index in [1.807, 2.05) is 0 Å². The summed E-state index contributed by atoms with van der Waals surface area (Å²) in [5, 5.41) is 2.79. The Bertz CT molecular complexity index is 443. The maximum atomic E-state index is 13.5. The van der Waals surface area contributed by atoms with Crippen molar-refractivity contribution in [3.05, 3.63) is 35.4 Å². The molecule has 1 nitrogen and oxygen atoms in total. The molecule has 0 saturated carbocycles. The molecular formula is C13H14F5N. The van der Waals surface area contributed by atoms with Crippen molar-refractivity contribution in [3.8, 4) is 0 Å². The van der Waals surface area contributed by atoms with Crippen LogP contribution in [-0.2, 0) is 6.42 Å². The standard InChI is InChI=1S/C13H14F5N/c14-9-4-3-8(11(15)7-9)6-12-10(13(16,17)18)2-1-5-19-12/h3-4,7,10,12,19H,1-2,5-6H2. The molecule has 19 heavy (non-hydrogen) atoms. The zero-order valence-corrected chi connectivity index (χ0v) is 10.1. The van der Waals surface area contributed by atoms with Crippen LogP contribution in [0, 0.1) is 17.6 Å². The van der Waals surface area contributed by atoms with Gasteiger partial charge in [-0.15, -0.1) is 0 Å². The molecule has 1 heterocycles. The van der Waals surface area contributed by atoms with Gasteiger partial charge in [0.1, 0.15) is 11.6 Å². The molecule has 1 aliphatic rings. The smallest absolute Gasteiger partial charge is 0.313 e. The molecular weight excluding hydrogens is 265 g/mol. The van der Waals surface area contributed by atoms with Crippen molar-refractivity contribution in [2.24, 2.45) is 5.92 Å². The van der Waals surface area contributed by atoms with Gasteiger partial charge in [0, 0.05) is 12.1 Å². The van der Waals surface area contributed by atoms with E-state index in [-0.39, 0.29) is 18.4 Å². The summed E-state index contributed by atoms with van der Waals surface area (Å²) >= 11 is 0. The molecule has 2 unspecified atom stereocenters. The van der Waals surface area contributed by atoms with E-state index in [1.165, 1.54) is 6.07 Å². The van der Waals surface area contributed by atoms with Crippen LogP contribution >= 0.6 is 0 Å². The molecule has 2 atom stereocenters. The Labute approximate surface area is 107 Å². The Hall–Kier alpha value is -1.17. The molecule has 1 aromatic carbocycles. The van der Waals surface area contributed by atoms with Crippen molar-refractivity contribution < 1.29 is 22.0 Å². The van der Waals surface area contributed by atoms with Crippen molar-refractivity contribution in [1.82, 2.24) is 5.32 Å². The largest absolute Gasteiger partial charge is 0.393 e. The normalized spacial score (nSPS) is 24.5. The average molecular weight is 279 g/mol. The fourth-order valence-electron chi connectivity index (χ4n) is 2.48. The first-order chi connectivity index (χ1) is 8.88. The Morgan fingerprint density at radius 3 is 2.58 bits per heavy atom. The highest BCUT2D eigenvalue weighted by Gasteiger charge is 2.45. The third-order valence-electron chi connectivity index (χ3n) is 3.46. The number of alkyl halides is 3. The number of hydrogen-bond acceptors (Lipinski definition) is 1. The Kier molecular flexibility index (Phi) is 4.08. The summed E-state index contributed by atoms with van der Waals surface area (Å²) in [7, 11) is 0. The lowest BCUT2D eigenvalue weighted by Gasteiger charge is -2.34. The quantitative estimate of drug-likeness (QED) is 0.818. The van der Waals surface area contributed by atoms with Crippen LogP contribution in [0.25, 0.3) is 0 Å².